The summed E-state index contributed by atoms with van der Waals surface area (Å²) in [4.78, 5) is 11.1. The largest absolute Gasteiger partial charge is 0.469 e. The maximum atomic E-state index is 11.1. The molecular formula is C16H30O3. The molecule has 3 heteroatoms. The Hall–Kier alpha value is -1.01. The fourth-order valence-corrected chi connectivity index (χ4v) is 1.91. The van der Waals surface area contributed by atoms with Gasteiger partial charge in [0.15, 0.2) is 0 Å². The van der Waals surface area contributed by atoms with Gasteiger partial charge in [0.05, 0.1) is 13.0 Å². The summed E-state index contributed by atoms with van der Waals surface area (Å²) in [5.74, 6) is 6.87. The molecule has 1 aliphatic carbocycles. The molecule has 0 saturated heterocycles. The fraction of sp³-hybridized carbons (Fsp3) is 0.812. The van der Waals surface area contributed by atoms with E-state index in [-0.39, 0.29) is 11.9 Å². The van der Waals surface area contributed by atoms with Gasteiger partial charge in [-0.3, -0.25) is 4.79 Å². The van der Waals surface area contributed by atoms with Gasteiger partial charge in [-0.15, -0.1) is 11.8 Å². The molecule has 0 bridgehead atoms. The molecular weight excluding hydrogens is 240 g/mol. The van der Waals surface area contributed by atoms with Crippen molar-refractivity contribution in [3.63, 3.8) is 0 Å². The number of aliphatic hydroxyl groups excluding tert-OH is 1. The lowest BCUT2D eigenvalue weighted by Gasteiger charge is -2.23. The van der Waals surface area contributed by atoms with Gasteiger partial charge < -0.3 is 9.84 Å². The summed E-state index contributed by atoms with van der Waals surface area (Å²) in [6.45, 7) is 6.36. The molecule has 1 saturated carbocycles. The van der Waals surface area contributed by atoms with Crippen LogP contribution >= 0.6 is 0 Å². The molecule has 0 heterocycles. The Bertz CT molecular complexity index is 247. The van der Waals surface area contributed by atoms with E-state index in [2.05, 4.69) is 37.3 Å². The zero-order valence-corrected chi connectivity index (χ0v) is 13.2. The van der Waals surface area contributed by atoms with Crippen LogP contribution in [0.2, 0.25) is 0 Å². The second kappa shape index (κ2) is 15.0. The topological polar surface area (TPSA) is 46.5 Å². The zero-order valence-electron chi connectivity index (χ0n) is 13.2. The van der Waals surface area contributed by atoms with Crippen molar-refractivity contribution in [3.05, 3.63) is 0 Å². The van der Waals surface area contributed by atoms with Crippen LogP contribution in [0.15, 0.2) is 0 Å². The van der Waals surface area contributed by atoms with E-state index in [1.165, 1.54) is 20.0 Å². The highest BCUT2D eigenvalue weighted by Crippen LogP contribution is 2.28. The molecule has 0 aromatic rings. The van der Waals surface area contributed by atoms with Crippen molar-refractivity contribution in [1.29, 1.82) is 0 Å². The van der Waals surface area contributed by atoms with Crippen LogP contribution in [0, 0.1) is 23.7 Å². The first-order valence-electron chi connectivity index (χ1n) is 7.13. The number of carbonyl (C=O) groups excluding carboxylic acids is 1. The molecule has 1 N–H and O–H groups in total. The van der Waals surface area contributed by atoms with Gasteiger partial charge in [0.25, 0.3) is 0 Å². The number of hydrogen-bond acceptors (Lipinski definition) is 3. The van der Waals surface area contributed by atoms with Crippen molar-refractivity contribution < 1.29 is 14.6 Å². The van der Waals surface area contributed by atoms with Crippen LogP contribution in [0.1, 0.15) is 59.3 Å². The number of hydrogen-bond donors (Lipinski definition) is 1. The second-order valence-electron chi connectivity index (χ2n) is 4.54. The molecule has 1 rings (SSSR count). The van der Waals surface area contributed by atoms with Gasteiger partial charge in [-0.05, 0) is 31.6 Å². The SMILES string of the molecule is CCC#CCC.CO.COC(=O)C1CCC(C)CC1. The van der Waals surface area contributed by atoms with E-state index in [1.54, 1.807) is 0 Å². The third kappa shape index (κ3) is 11.8. The fourth-order valence-electron chi connectivity index (χ4n) is 1.91. The van der Waals surface area contributed by atoms with Crippen molar-refractivity contribution in [3.8, 4) is 11.8 Å². The summed E-state index contributed by atoms with van der Waals surface area (Å²) < 4.78 is 4.69. The molecule has 1 fully saturated rings. The first kappa shape index (κ1) is 20.3. The molecule has 0 spiro atoms. The Kier molecular flexibility index (Phi) is 16.1. The van der Waals surface area contributed by atoms with Crippen LogP contribution in [-0.2, 0) is 9.53 Å². The molecule has 0 unspecified atom stereocenters. The Balaban J connectivity index is 0. The van der Waals surface area contributed by atoms with Gasteiger partial charge >= 0.3 is 5.97 Å². The third-order valence-electron chi connectivity index (χ3n) is 3.03. The normalized spacial score (nSPS) is 20.5. The van der Waals surface area contributed by atoms with Crippen molar-refractivity contribution in [2.75, 3.05) is 14.2 Å². The summed E-state index contributed by atoms with van der Waals surface area (Å²) in [5, 5.41) is 7.00. The first-order chi connectivity index (χ1) is 9.15. The quantitative estimate of drug-likeness (QED) is 0.587. The number of aliphatic hydroxyl groups is 1. The summed E-state index contributed by atoms with van der Waals surface area (Å²) in [6, 6.07) is 0. The van der Waals surface area contributed by atoms with Crippen LogP contribution in [-0.4, -0.2) is 25.3 Å². The van der Waals surface area contributed by atoms with Gasteiger partial charge in [0, 0.05) is 20.0 Å². The van der Waals surface area contributed by atoms with Gasteiger partial charge in [0.2, 0.25) is 0 Å². The lowest BCUT2D eigenvalue weighted by Crippen LogP contribution is -2.21. The number of methoxy groups -OCH3 is 1. The Labute approximate surface area is 118 Å². The highest BCUT2D eigenvalue weighted by molar-refractivity contribution is 5.72. The van der Waals surface area contributed by atoms with Crippen LogP contribution < -0.4 is 0 Å². The molecule has 1 aliphatic rings. The summed E-state index contributed by atoms with van der Waals surface area (Å²) in [6.07, 6.45) is 6.39. The van der Waals surface area contributed by atoms with E-state index in [0.29, 0.717) is 0 Å². The Morgan fingerprint density at radius 2 is 1.53 bits per heavy atom. The molecule has 0 amide bonds. The molecule has 0 atom stereocenters. The number of ether oxygens (including phenoxy) is 1. The van der Waals surface area contributed by atoms with Crippen LogP contribution in [0.25, 0.3) is 0 Å². The number of esters is 1. The highest BCUT2D eigenvalue weighted by atomic mass is 16.5. The van der Waals surface area contributed by atoms with E-state index in [9.17, 15) is 4.79 Å². The third-order valence-corrected chi connectivity index (χ3v) is 3.03. The van der Waals surface area contributed by atoms with Gasteiger partial charge in [0.1, 0.15) is 0 Å². The van der Waals surface area contributed by atoms with Crippen molar-refractivity contribution in [1.82, 2.24) is 0 Å². The monoisotopic (exact) mass is 270 g/mol. The molecule has 0 aromatic heterocycles. The van der Waals surface area contributed by atoms with Gasteiger partial charge in [-0.2, -0.15) is 0 Å². The minimum atomic E-state index is -0.0168. The first-order valence-corrected chi connectivity index (χ1v) is 7.13. The van der Waals surface area contributed by atoms with E-state index < -0.39 is 0 Å². The minimum absolute atomic E-state index is 0.0168. The molecule has 0 aromatic carbocycles. The number of carbonyl (C=O) groups is 1. The van der Waals surface area contributed by atoms with E-state index in [1.807, 2.05) is 0 Å². The van der Waals surface area contributed by atoms with Gasteiger partial charge in [-0.25, -0.2) is 0 Å². The average Bonchev–Trinajstić information content (AvgIpc) is 2.48. The summed E-state index contributed by atoms with van der Waals surface area (Å²) in [5.41, 5.74) is 0. The van der Waals surface area contributed by atoms with Gasteiger partial charge in [-0.1, -0.05) is 20.8 Å². The molecule has 3 nitrogen and oxygen atoms in total. The van der Waals surface area contributed by atoms with E-state index >= 15 is 0 Å². The number of rotatable bonds is 1. The van der Waals surface area contributed by atoms with Crippen LogP contribution in [0.5, 0.6) is 0 Å². The van der Waals surface area contributed by atoms with E-state index in [0.717, 1.165) is 38.7 Å². The standard InChI is InChI=1S/C9H16O2.C6H10.CH4O/c1-7-3-5-8(6-4-7)9(10)11-2;1-3-5-6-4-2;1-2/h7-8H,3-6H2,1-2H3;3-4H2,1-2H3;2H,1H3. The lowest BCUT2D eigenvalue weighted by atomic mass is 9.83. The molecule has 19 heavy (non-hydrogen) atoms. The predicted octanol–water partition coefficient (Wildman–Crippen LogP) is 3.40. The van der Waals surface area contributed by atoms with Crippen molar-refractivity contribution in [2.24, 2.45) is 11.8 Å². The predicted molar refractivity (Wildman–Crippen MR) is 79.6 cm³/mol. The van der Waals surface area contributed by atoms with Crippen LogP contribution in [0.4, 0.5) is 0 Å². The molecule has 112 valence electrons. The Morgan fingerprint density at radius 1 is 1.11 bits per heavy atom. The maximum Gasteiger partial charge on any atom is 0.308 e. The molecule has 0 radical (unpaired) electrons. The average molecular weight is 270 g/mol. The maximum absolute atomic E-state index is 11.1. The summed E-state index contributed by atoms with van der Waals surface area (Å²) in [7, 11) is 2.47. The summed E-state index contributed by atoms with van der Waals surface area (Å²) >= 11 is 0. The minimum Gasteiger partial charge on any atom is -0.469 e. The van der Waals surface area contributed by atoms with Crippen molar-refractivity contribution >= 4 is 5.97 Å². The highest BCUT2D eigenvalue weighted by Gasteiger charge is 2.24. The van der Waals surface area contributed by atoms with Crippen molar-refractivity contribution in [2.45, 2.75) is 59.3 Å². The smallest absolute Gasteiger partial charge is 0.308 e. The van der Waals surface area contributed by atoms with Crippen LogP contribution in [0.3, 0.4) is 0 Å². The second-order valence-corrected chi connectivity index (χ2v) is 4.54. The molecule has 0 aliphatic heterocycles. The zero-order chi connectivity index (χ0) is 15.1. The van der Waals surface area contributed by atoms with E-state index in [4.69, 9.17) is 5.11 Å². The Morgan fingerprint density at radius 3 is 1.84 bits per heavy atom. The lowest BCUT2D eigenvalue weighted by molar-refractivity contribution is -0.146.